The van der Waals surface area contributed by atoms with E-state index in [0.29, 0.717) is 15.8 Å². The zero-order chi connectivity index (χ0) is 13.0. The van der Waals surface area contributed by atoms with E-state index in [1.54, 1.807) is 32.0 Å². The van der Waals surface area contributed by atoms with Gasteiger partial charge in [0, 0.05) is 11.6 Å². The summed E-state index contributed by atoms with van der Waals surface area (Å²) in [5.74, 6) is -0.537. The molecular weight excluding hydrogens is 286 g/mol. The molecule has 0 aromatic heterocycles. The highest BCUT2D eigenvalue weighted by molar-refractivity contribution is 9.10. The molecular formula is C12H14BrNO3. The second-order valence-corrected chi connectivity index (χ2v) is 4.66. The number of ketones is 1. The third-order valence-corrected chi connectivity index (χ3v) is 2.66. The number of benzene rings is 1. The van der Waals surface area contributed by atoms with Crippen LogP contribution in [0.4, 0.5) is 0 Å². The Balaban J connectivity index is 2.90. The first-order valence-corrected chi connectivity index (χ1v) is 5.93. The SMILES string of the molecule is COc1ccc(C(=O)C(=O)NC(C)C)cc1Br. The minimum atomic E-state index is -0.600. The van der Waals surface area contributed by atoms with Gasteiger partial charge >= 0.3 is 0 Å². The standard InChI is InChI=1S/C12H14BrNO3/c1-7(2)14-12(16)11(15)8-4-5-10(17-3)9(13)6-8/h4-7H,1-3H3,(H,14,16). The van der Waals surface area contributed by atoms with Crippen LogP contribution >= 0.6 is 15.9 Å². The van der Waals surface area contributed by atoms with E-state index in [-0.39, 0.29) is 6.04 Å². The molecule has 0 heterocycles. The number of hydrogen-bond acceptors (Lipinski definition) is 3. The first kappa shape index (κ1) is 13.7. The van der Waals surface area contributed by atoms with Gasteiger partial charge in [-0.1, -0.05) is 0 Å². The van der Waals surface area contributed by atoms with Crippen LogP contribution in [0.15, 0.2) is 22.7 Å². The molecule has 1 amide bonds. The summed E-state index contributed by atoms with van der Waals surface area (Å²) in [6.45, 7) is 3.60. The molecule has 1 rings (SSSR count). The molecule has 0 fully saturated rings. The number of carbonyl (C=O) groups excluding carboxylic acids is 2. The van der Waals surface area contributed by atoms with Crippen molar-refractivity contribution in [2.75, 3.05) is 7.11 Å². The summed E-state index contributed by atoms with van der Waals surface area (Å²) in [5, 5.41) is 2.55. The molecule has 0 saturated heterocycles. The lowest BCUT2D eigenvalue weighted by Crippen LogP contribution is -2.35. The highest BCUT2D eigenvalue weighted by atomic mass is 79.9. The van der Waals surface area contributed by atoms with E-state index in [4.69, 9.17) is 4.74 Å². The summed E-state index contributed by atoms with van der Waals surface area (Å²) in [6, 6.07) is 4.71. The van der Waals surface area contributed by atoms with Crippen molar-refractivity contribution in [3.8, 4) is 5.75 Å². The van der Waals surface area contributed by atoms with Crippen LogP contribution in [0.2, 0.25) is 0 Å². The maximum atomic E-state index is 11.8. The van der Waals surface area contributed by atoms with Crippen LogP contribution in [-0.4, -0.2) is 24.8 Å². The zero-order valence-corrected chi connectivity index (χ0v) is 11.5. The molecule has 1 aromatic rings. The van der Waals surface area contributed by atoms with E-state index >= 15 is 0 Å². The Labute approximate surface area is 108 Å². The van der Waals surface area contributed by atoms with E-state index in [2.05, 4.69) is 21.2 Å². The van der Waals surface area contributed by atoms with Gasteiger partial charge in [0.2, 0.25) is 5.78 Å². The Hall–Kier alpha value is -1.36. The van der Waals surface area contributed by atoms with Crippen molar-refractivity contribution >= 4 is 27.6 Å². The molecule has 0 aliphatic rings. The number of nitrogens with one attached hydrogen (secondary N) is 1. The quantitative estimate of drug-likeness (QED) is 0.685. The Morgan fingerprint density at radius 3 is 2.47 bits per heavy atom. The van der Waals surface area contributed by atoms with Crippen LogP contribution in [0.25, 0.3) is 0 Å². The van der Waals surface area contributed by atoms with E-state index in [1.165, 1.54) is 7.11 Å². The van der Waals surface area contributed by atoms with E-state index in [1.807, 2.05) is 0 Å². The largest absolute Gasteiger partial charge is 0.496 e. The fraction of sp³-hybridized carbons (Fsp3) is 0.333. The lowest BCUT2D eigenvalue weighted by atomic mass is 10.1. The molecule has 0 radical (unpaired) electrons. The van der Waals surface area contributed by atoms with Gasteiger partial charge in [0.25, 0.3) is 5.91 Å². The molecule has 5 heteroatoms. The number of amides is 1. The van der Waals surface area contributed by atoms with Gasteiger partial charge in [-0.2, -0.15) is 0 Å². The Morgan fingerprint density at radius 1 is 1.35 bits per heavy atom. The third kappa shape index (κ3) is 3.56. The fourth-order valence-corrected chi connectivity index (χ4v) is 1.81. The maximum Gasteiger partial charge on any atom is 0.292 e. The van der Waals surface area contributed by atoms with Crippen LogP contribution < -0.4 is 10.1 Å². The summed E-state index contributed by atoms with van der Waals surface area (Å²) < 4.78 is 5.69. The minimum absolute atomic E-state index is 0.0619. The number of hydrogen-bond donors (Lipinski definition) is 1. The molecule has 0 aliphatic heterocycles. The summed E-state index contributed by atoms with van der Waals surface area (Å²) >= 11 is 3.27. The number of ether oxygens (including phenoxy) is 1. The molecule has 0 spiro atoms. The van der Waals surface area contributed by atoms with Crippen LogP contribution in [-0.2, 0) is 4.79 Å². The van der Waals surface area contributed by atoms with Gasteiger partial charge in [0.05, 0.1) is 11.6 Å². The predicted molar refractivity (Wildman–Crippen MR) is 68.3 cm³/mol. The highest BCUT2D eigenvalue weighted by Gasteiger charge is 2.17. The normalized spacial score (nSPS) is 10.2. The van der Waals surface area contributed by atoms with Crippen molar-refractivity contribution in [1.82, 2.24) is 5.32 Å². The summed E-state index contributed by atoms with van der Waals surface area (Å²) in [4.78, 5) is 23.3. The van der Waals surface area contributed by atoms with Gasteiger partial charge in [-0.25, -0.2) is 0 Å². The van der Waals surface area contributed by atoms with E-state index in [0.717, 1.165) is 0 Å². The molecule has 92 valence electrons. The van der Waals surface area contributed by atoms with Crippen molar-refractivity contribution in [1.29, 1.82) is 0 Å². The molecule has 0 bridgehead atoms. The topological polar surface area (TPSA) is 55.4 Å². The van der Waals surface area contributed by atoms with Crippen molar-refractivity contribution in [3.05, 3.63) is 28.2 Å². The summed E-state index contributed by atoms with van der Waals surface area (Å²) in [7, 11) is 1.53. The van der Waals surface area contributed by atoms with Crippen molar-refractivity contribution in [2.45, 2.75) is 19.9 Å². The molecule has 0 atom stereocenters. The van der Waals surface area contributed by atoms with Gasteiger partial charge in [0.1, 0.15) is 5.75 Å². The highest BCUT2D eigenvalue weighted by Crippen LogP contribution is 2.25. The van der Waals surface area contributed by atoms with Gasteiger partial charge in [-0.05, 0) is 48.0 Å². The molecule has 0 unspecified atom stereocenters. The van der Waals surface area contributed by atoms with Crippen molar-refractivity contribution < 1.29 is 14.3 Å². The Morgan fingerprint density at radius 2 is 2.00 bits per heavy atom. The van der Waals surface area contributed by atoms with Gasteiger partial charge in [0.15, 0.2) is 0 Å². The first-order chi connectivity index (χ1) is 7.95. The Kier molecular flexibility index (Phi) is 4.69. The summed E-state index contributed by atoms with van der Waals surface area (Å²) in [6.07, 6.45) is 0. The number of methoxy groups -OCH3 is 1. The van der Waals surface area contributed by atoms with Gasteiger partial charge in [-0.15, -0.1) is 0 Å². The minimum Gasteiger partial charge on any atom is -0.496 e. The third-order valence-electron chi connectivity index (χ3n) is 2.04. The number of Topliss-reactive ketones (excluding diaryl/α,β-unsaturated/α-hetero) is 1. The lowest BCUT2D eigenvalue weighted by molar-refractivity contribution is -0.117. The van der Waals surface area contributed by atoms with Crippen LogP contribution in [0, 0.1) is 0 Å². The lowest BCUT2D eigenvalue weighted by Gasteiger charge is -2.08. The first-order valence-electron chi connectivity index (χ1n) is 5.14. The fourth-order valence-electron chi connectivity index (χ4n) is 1.27. The summed E-state index contributed by atoms with van der Waals surface area (Å²) in [5.41, 5.74) is 0.329. The average molecular weight is 300 g/mol. The number of rotatable bonds is 4. The maximum absolute atomic E-state index is 11.8. The Bertz CT molecular complexity index is 443. The zero-order valence-electron chi connectivity index (χ0n) is 9.91. The smallest absolute Gasteiger partial charge is 0.292 e. The number of carbonyl (C=O) groups is 2. The van der Waals surface area contributed by atoms with Crippen molar-refractivity contribution in [2.24, 2.45) is 0 Å². The van der Waals surface area contributed by atoms with E-state index < -0.39 is 11.7 Å². The van der Waals surface area contributed by atoms with E-state index in [9.17, 15) is 9.59 Å². The second kappa shape index (κ2) is 5.82. The number of halogens is 1. The van der Waals surface area contributed by atoms with Gasteiger partial charge < -0.3 is 10.1 Å². The predicted octanol–water partition coefficient (Wildman–Crippen LogP) is 2.17. The second-order valence-electron chi connectivity index (χ2n) is 3.81. The molecule has 0 aliphatic carbocycles. The van der Waals surface area contributed by atoms with Crippen molar-refractivity contribution in [3.63, 3.8) is 0 Å². The molecule has 0 saturated carbocycles. The molecule has 4 nitrogen and oxygen atoms in total. The van der Waals surface area contributed by atoms with Crippen LogP contribution in [0.3, 0.4) is 0 Å². The molecule has 1 N–H and O–H groups in total. The monoisotopic (exact) mass is 299 g/mol. The molecule has 17 heavy (non-hydrogen) atoms. The van der Waals surface area contributed by atoms with Crippen LogP contribution in [0.5, 0.6) is 5.75 Å². The van der Waals surface area contributed by atoms with Crippen LogP contribution in [0.1, 0.15) is 24.2 Å². The molecule has 1 aromatic carbocycles. The average Bonchev–Trinajstić information content (AvgIpc) is 2.27. The van der Waals surface area contributed by atoms with Gasteiger partial charge in [-0.3, -0.25) is 9.59 Å².